The predicted molar refractivity (Wildman–Crippen MR) is 56.7 cm³/mol. The summed E-state index contributed by atoms with van der Waals surface area (Å²) in [4.78, 5) is 4.43. The molecule has 0 saturated carbocycles. The van der Waals surface area contributed by atoms with Crippen molar-refractivity contribution in [3.8, 4) is 10.7 Å². The van der Waals surface area contributed by atoms with Crippen molar-refractivity contribution in [3.63, 3.8) is 0 Å². The van der Waals surface area contributed by atoms with E-state index in [-0.39, 0.29) is 5.82 Å². The average Bonchev–Trinajstić information content (AvgIpc) is 3.10. The number of nitrogens with zero attached hydrogens (tertiary/aromatic N) is 2. The van der Waals surface area contributed by atoms with Crippen LogP contribution < -0.4 is 0 Å². The van der Waals surface area contributed by atoms with E-state index in [1.165, 1.54) is 12.5 Å². The van der Waals surface area contributed by atoms with Crippen LogP contribution in [0.4, 0.5) is 13.2 Å². The Kier molecular flexibility index (Phi) is 2.70. The molecule has 100 valence electrons. The fraction of sp³-hybridized carbons (Fsp3) is 0.200. The Morgan fingerprint density at radius 3 is 2.53 bits per heavy atom. The lowest BCUT2D eigenvalue weighted by Gasteiger charge is -2.06. The molecule has 1 aliphatic heterocycles. The summed E-state index contributed by atoms with van der Waals surface area (Å²) in [5.74, 6) is -1.48. The molecule has 2 aromatic rings. The molecule has 5 nitrogen and oxygen atoms in total. The number of hydrogen-bond acceptors (Lipinski definition) is 6. The molecule has 2 aromatic heterocycles. The van der Waals surface area contributed by atoms with Crippen LogP contribution in [0.25, 0.3) is 10.7 Å². The largest absolute Gasteiger partial charge is 0.471 e. The SMILES string of the molecule is FC(F)(F)c1nc(-c2ccc(C3OC=CO3)s2)no1. The highest BCUT2D eigenvalue weighted by molar-refractivity contribution is 7.15. The van der Waals surface area contributed by atoms with E-state index >= 15 is 0 Å². The van der Waals surface area contributed by atoms with Gasteiger partial charge in [0.05, 0.1) is 9.75 Å². The summed E-state index contributed by atoms with van der Waals surface area (Å²) in [6.07, 6.45) is -2.44. The minimum atomic E-state index is -4.65. The first-order valence-electron chi connectivity index (χ1n) is 5.01. The normalized spacial score (nSPS) is 15.5. The molecule has 0 spiro atoms. The van der Waals surface area contributed by atoms with Crippen molar-refractivity contribution in [2.75, 3.05) is 0 Å². The van der Waals surface area contributed by atoms with Gasteiger partial charge in [0.25, 0.3) is 6.29 Å². The molecule has 0 fully saturated rings. The second-order valence-electron chi connectivity index (χ2n) is 3.50. The van der Waals surface area contributed by atoms with Crippen molar-refractivity contribution in [2.24, 2.45) is 0 Å². The third-order valence-electron chi connectivity index (χ3n) is 2.21. The summed E-state index contributed by atoms with van der Waals surface area (Å²) in [6, 6.07) is 3.25. The number of thiophene rings is 1. The number of ether oxygens (including phenoxy) is 2. The van der Waals surface area contributed by atoms with Gasteiger partial charge in [-0.3, -0.25) is 0 Å². The van der Waals surface area contributed by atoms with Crippen molar-refractivity contribution >= 4 is 11.3 Å². The Bertz CT molecular complexity index is 612. The quantitative estimate of drug-likeness (QED) is 0.849. The summed E-state index contributed by atoms with van der Waals surface area (Å²) < 4.78 is 51.4. The monoisotopic (exact) mass is 290 g/mol. The molecule has 0 aromatic carbocycles. The van der Waals surface area contributed by atoms with Crippen molar-refractivity contribution in [1.29, 1.82) is 0 Å². The Hall–Kier alpha value is -2.03. The number of halogens is 3. The Morgan fingerprint density at radius 2 is 1.89 bits per heavy atom. The molecule has 0 unspecified atom stereocenters. The highest BCUT2D eigenvalue weighted by Gasteiger charge is 2.38. The molecule has 0 N–H and O–H groups in total. The van der Waals surface area contributed by atoms with Gasteiger partial charge in [-0.1, -0.05) is 5.16 Å². The standard InChI is InChI=1S/C10H5F3N2O3S/c11-10(12,13)9-14-7(15-18-9)5-1-2-6(19-5)8-16-3-4-17-8/h1-4,8H. The zero-order valence-corrected chi connectivity index (χ0v) is 9.86. The third-order valence-corrected chi connectivity index (χ3v) is 3.31. The third kappa shape index (κ3) is 2.28. The molecule has 3 heterocycles. The summed E-state index contributed by atoms with van der Waals surface area (Å²) >= 11 is 1.16. The smallest absolute Gasteiger partial charge is 0.454 e. The highest BCUT2D eigenvalue weighted by Crippen LogP contribution is 2.35. The number of hydrogen-bond donors (Lipinski definition) is 0. The Balaban J connectivity index is 1.84. The number of aromatic nitrogens is 2. The molecule has 0 atom stereocenters. The molecular formula is C10H5F3N2O3S. The van der Waals surface area contributed by atoms with Gasteiger partial charge in [-0.05, 0) is 12.1 Å². The summed E-state index contributed by atoms with van der Waals surface area (Å²) in [5.41, 5.74) is 0. The lowest BCUT2D eigenvalue weighted by Crippen LogP contribution is -2.04. The van der Waals surface area contributed by atoms with Crippen LogP contribution in [-0.2, 0) is 15.7 Å². The fourth-order valence-electron chi connectivity index (χ4n) is 1.41. The second-order valence-corrected chi connectivity index (χ2v) is 4.61. The second kappa shape index (κ2) is 4.26. The van der Waals surface area contributed by atoms with Gasteiger partial charge in [0.2, 0.25) is 5.82 Å². The van der Waals surface area contributed by atoms with Crippen LogP contribution in [-0.4, -0.2) is 10.1 Å². The van der Waals surface area contributed by atoms with E-state index in [2.05, 4.69) is 14.7 Å². The number of alkyl halides is 3. The first-order chi connectivity index (χ1) is 9.04. The van der Waals surface area contributed by atoms with Crippen LogP contribution in [0, 0.1) is 0 Å². The van der Waals surface area contributed by atoms with E-state index in [0.717, 1.165) is 11.3 Å². The topological polar surface area (TPSA) is 57.4 Å². The van der Waals surface area contributed by atoms with Gasteiger partial charge in [-0.25, -0.2) is 0 Å². The molecule has 3 rings (SSSR count). The van der Waals surface area contributed by atoms with Gasteiger partial charge in [0.1, 0.15) is 12.5 Å². The maximum Gasteiger partial charge on any atom is 0.471 e. The predicted octanol–water partition coefficient (Wildman–Crippen LogP) is 3.33. The van der Waals surface area contributed by atoms with Crippen LogP contribution in [0.5, 0.6) is 0 Å². The first kappa shape index (κ1) is 12.0. The molecule has 0 aliphatic carbocycles. The zero-order chi connectivity index (χ0) is 13.5. The average molecular weight is 290 g/mol. The van der Waals surface area contributed by atoms with E-state index in [4.69, 9.17) is 9.47 Å². The van der Waals surface area contributed by atoms with E-state index in [0.29, 0.717) is 9.75 Å². The van der Waals surface area contributed by atoms with Crippen LogP contribution in [0.2, 0.25) is 0 Å². The van der Waals surface area contributed by atoms with Crippen LogP contribution in [0.1, 0.15) is 17.1 Å². The minimum absolute atomic E-state index is 0.116. The molecule has 9 heteroatoms. The molecule has 0 amide bonds. The van der Waals surface area contributed by atoms with E-state index in [9.17, 15) is 13.2 Å². The zero-order valence-electron chi connectivity index (χ0n) is 9.05. The lowest BCUT2D eigenvalue weighted by molar-refractivity contribution is -0.159. The molecular weight excluding hydrogens is 285 g/mol. The van der Waals surface area contributed by atoms with Gasteiger partial charge in [-0.2, -0.15) is 18.2 Å². The van der Waals surface area contributed by atoms with Crippen LogP contribution in [0.3, 0.4) is 0 Å². The van der Waals surface area contributed by atoms with Gasteiger partial charge in [-0.15, -0.1) is 11.3 Å². The molecule has 0 bridgehead atoms. The van der Waals surface area contributed by atoms with Crippen molar-refractivity contribution < 1.29 is 27.2 Å². The van der Waals surface area contributed by atoms with Gasteiger partial charge in [0.15, 0.2) is 0 Å². The Labute approximate surface area is 108 Å². The molecule has 0 radical (unpaired) electrons. The van der Waals surface area contributed by atoms with Crippen LogP contribution >= 0.6 is 11.3 Å². The highest BCUT2D eigenvalue weighted by atomic mass is 32.1. The maximum atomic E-state index is 12.3. The summed E-state index contributed by atoms with van der Waals surface area (Å²) in [5, 5.41) is 3.30. The Morgan fingerprint density at radius 1 is 1.16 bits per heavy atom. The molecule has 19 heavy (non-hydrogen) atoms. The molecule has 0 saturated heterocycles. The fourth-order valence-corrected chi connectivity index (χ4v) is 2.32. The van der Waals surface area contributed by atoms with Crippen molar-refractivity contribution in [3.05, 3.63) is 35.4 Å². The van der Waals surface area contributed by atoms with E-state index in [1.807, 2.05) is 0 Å². The first-order valence-corrected chi connectivity index (χ1v) is 5.82. The lowest BCUT2D eigenvalue weighted by atomic mass is 10.4. The summed E-state index contributed by atoms with van der Waals surface area (Å²) in [6.45, 7) is 0. The van der Waals surface area contributed by atoms with E-state index < -0.39 is 18.4 Å². The number of rotatable bonds is 2. The van der Waals surface area contributed by atoms with Gasteiger partial charge < -0.3 is 14.0 Å². The van der Waals surface area contributed by atoms with Crippen LogP contribution in [0.15, 0.2) is 29.2 Å². The minimum Gasteiger partial charge on any atom is -0.454 e. The summed E-state index contributed by atoms with van der Waals surface area (Å²) in [7, 11) is 0. The molecule has 1 aliphatic rings. The van der Waals surface area contributed by atoms with Crippen molar-refractivity contribution in [2.45, 2.75) is 12.5 Å². The van der Waals surface area contributed by atoms with Crippen molar-refractivity contribution in [1.82, 2.24) is 10.1 Å². The van der Waals surface area contributed by atoms with Gasteiger partial charge in [0, 0.05) is 0 Å². The maximum absolute atomic E-state index is 12.3. The van der Waals surface area contributed by atoms with Gasteiger partial charge >= 0.3 is 12.1 Å². The van der Waals surface area contributed by atoms with E-state index in [1.54, 1.807) is 12.1 Å².